The molecule has 1 aliphatic rings. The molecule has 0 radical (unpaired) electrons. The van der Waals surface area contributed by atoms with Gasteiger partial charge in [0.05, 0.1) is 5.92 Å². The average molecular weight is 291 g/mol. The number of benzene rings is 2. The van der Waals surface area contributed by atoms with E-state index in [1.165, 1.54) is 22.4 Å². The van der Waals surface area contributed by atoms with Crippen LogP contribution in [0.4, 0.5) is 5.69 Å². The summed E-state index contributed by atoms with van der Waals surface area (Å²) in [5.41, 5.74) is 6.03. The van der Waals surface area contributed by atoms with E-state index in [0.717, 1.165) is 24.7 Å². The van der Waals surface area contributed by atoms with Crippen LogP contribution in [0.15, 0.2) is 54.1 Å². The Kier molecular flexibility index (Phi) is 4.10. The molecule has 0 aromatic heterocycles. The van der Waals surface area contributed by atoms with Crippen LogP contribution in [0.5, 0.6) is 0 Å². The number of aldehydes is 1. The lowest BCUT2D eigenvalue weighted by molar-refractivity contribution is -0.108. The summed E-state index contributed by atoms with van der Waals surface area (Å²) in [6.07, 6.45) is 5.23. The minimum Gasteiger partial charge on any atom is -0.378 e. The Morgan fingerprint density at radius 1 is 1.00 bits per heavy atom. The maximum absolute atomic E-state index is 11.6. The summed E-state index contributed by atoms with van der Waals surface area (Å²) in [6.45, 7) is 0. The molecule has 2 nitrogen and oxygen atoms in total. The van der Waals surface area contributed by atoms with E-state index in [2.05, 4.69) is 53.4 Å². The summed E-state index contributed by atoms with van der Waals surface area (Å²) in [6, 6.07) is 16.7. The molecule has 0 heterocycles. The molecule has 0 saturated carbocycles. The number of aryl methyl sites for hydroxylation is 1. The van der Waals surface area contributed by atoms with Crippen LogP contribution in [-0.2, 0) is 11.2 Å². The van der Waals surface area contributed by atoms with Crippen LogP contribution in [0.2, 0.25) is 0 Å². The second-order valence-electron chi connectivity index (χ2n) is 6.02. The van der Waals surface area contributed by atoms with Crippen molar-refractivity contribution in [1.29, 1.82) is 0 Å². The van der Waals surface area contributed by atoms with Crippen molar-refractivity contribution in [2.45, 2.75) is 18.8 Å². The Balaban J connectivity index is 1.92. The van der Waals surface area contributed by atoms with Gasteiger partial charge in [0, 0.05) is 19.8 Å². The van der Waals surface area contributed by atoms with Crippen molar-refractivity contribution in [1.82, 2.24) is 0 Å². The summed E-state index contributed by atoms with van der Waals surface area (Å²) in [5, 5.41) is 0. The lowest BCUT2D eigenvalue weighted by Gasteiger charge is -2.24. The molecule has 112 valence electrons. The average Bonchev–Trinajstić information content (AvgIpc) is 2.55. The van der Waals surface area contributed by atoms with Crippen LogP contribution in [0.3, 0.4) is 0 Å². The number of carbonyl (C=O) groups is 1. The maximum atomic E-state index is 11.6. The third kappa shape index (κ3) is 2.82. The van der Waals surface area contributed by atoms with Crippen LogP contribution < -0.4 is 4.90 Å². The van der Waals surface area contributed by atoms with Crippen LogP contribution in [0, 0.1) is 0 Å². The number of hydrogen-bond donors (Lipinski definition) is 0. The first-order valence-electron chi connectivity index (χ1n) is 7.70. The lowest BCUT2D eigenvalue weighted by atomic mass is 9.79. The van der Waals surface area contributed by atoms with E-state index in [-0.39, 0.29) is 5.92 Å². The summed E-state index contributed by atoms with van der Waals surface area (Å²) in [7, 11) is 4.07. The SMILES string of the molecule is CN(C)c1ccc(C=C2CCc3ccccc3C2C=O)cc1. The molecule has 2 heteroatoms. The lowest BCUT2D eigenvalue weighted by Crippen LogP contribution is -2.13. The zero-order valence-electron chi connectivity index (χ0n) is 13.1. The third-order valence-corrected chi connectivity index (χ3v) is 4.37. The van der Waals surface area contributed by atoms with Gasteiger partial charge in [-0.15, -0.1) is 0 Å². The van der Waals surface area contributed by atoms with E-state index < -0.39 is 0 Å². The fraction of sp³-hybridized carbons (Fsp3) is 0.250. The monoisotopic (exact) mass is 291 g/mol. The molecule has 0 amide bonds. The summed E-state index contributed by atoms with van der Waals surface area (Å²) in [4.78, 5) is 13.7. The van der Waals surface area contributed by atoms with E-state index in [0.29, 0.717) is 0 Å². The van der Waals surface area contributed by atoms with Crippen molar-refractivity contribution in [3.8, 4) is 0 Å². The standard InChI is InChI=1S/C20H21NO/c1-21(2)18-11-7-15(8-12-18)13-17-10-9-16-5-3-4-6-19(16)20(17)14-22/h3-8,11-14,20H,9-10H2,1-2H3. The zero-order chi connectivity index (χ0) is 15.5. The van der Waals surface area contributed by atoms with Crippen molar-refractivity contribution >= 4 is 18.0 Å². The minimum atomic E-state index is -0.0986. The molecule has 0 saturated heterocycles. The van der Waals surface area contributed by atoms with Crippen LogP contribution >= 0.6 is 0 Å². The Hall–Kier alpha value is -2.35. The number of nitrogens with zero attached hydrogens (tertiary/aromatic N) is 1. The van der Waals surface area contributed by atoms with Crippen molar-refractivity contribution in [2.75, 3.05) is 19.0 Å². The molecule has 1 unspecified atom stereocenters. The van der Waals surface area contributed by atoms with Crippen molar-refractivity contribution in [3.05, 3.63) is 70.8 Å². The van der Waals surface area contributed by atoms with E-state index in [9.17, 15) is 4.79 Å². The topological polar surface area (TPSA) is 20.3 Å². The first kappa shape index (κ1) is 14.6. The highest BCUT2D eigenvalue weighted by Crippen LogP contribution is 2.35. The Labute approximate surface area is 132 Å². The molecule has 2 aromatic rings. The molecule has 0 bridgehead atoms. The van der Waals surface area contributed by atoms with Gasteiger partial charge in [-0.3, -0.25) is 0 Å². The molecular weight excluding hydrogens is 270 g/mol. The summed E-state index contributed by atoms with van der Waals surface area (Å²) in [5.74, 6) is -0.0986. The molecule has 2 aromatic carbocycles. The Morgan fingerprint density at radius 2 is 1.73 bits per heavy atom. The van der Waals surface area contributed by atoms with Gasteiger partial charge in [-0.25, -0.2) is 0 Å². The van der Waals surface area contributed by atoms with Gasteiger partial charge in [0.1, 0.15) is 6.29 Å². The quantitative estimate of drug-likeness (QED) is 0.795. The molecule has 3 rings (SSSR count). The molecular formula is C20H21NO. The summed E-state index contributed by atoms with van der Waals surface area (Å²) >= 11 is 0. The summed E-state index contributed by atoms with van der Waals surface area (Å²) < 4.78 is 0. The maximum Gasteiger partial charge on any atom is 0.131 e. The van der Waals surface area contributed by atoms with Gasteiger partial charge < -0.3 is 9.69 Å². The van der Waals surface area contributed by atoms with E-state index >= 15 is 0 Å². The number of allylic oxidation sites excluding steroid dienone is 1. The van der Waals surface area contributed by atoms with E-state index in [1.54, 1.807) is 0 Å². The van der Waals surface area contributed by atoms with Crippen LogP contribution in [-0.4, -0.2) is 20.4 Å². The van der Waals surface area contributed by atoms with Gasteiger partial charge in [0.2, 0.25) is 0 Å². The van der Waals surface area contributed by atoms with Crippen molar-refractivity contribution in [2.24, 2.45) is 0 Å². The Bertz CT molecular complexity index is 698. The molecule has 0 fully saturated rings. The Morgan fingerprint density at radius 3 is 2.41 bits per heavy atom. The zero-order valence-corrected chi connectivity index (χ0v) is 13.1. The highest BCUT2D eigenvalue weighted by molar-refractivity contribution is 5.74. The molecule has 0 aliphatic heterocycles. The van der Waals surface area contributed by atoms with E-state index in [1.807, 2.05) is 20.2 Å². The number of carbonyl (C=O) groups excluding carboxylic acids is 1. The van der Waals surface area contributed by atoms with Gasteiger partial charge in [-0.2, -0.15) is 0 Å². The van der Waals surface area contributed by atoms with Crippen LogP contribution in [0.25, 0.3) is 6.08 Å². The molecule has 0 spiro atoms. The normalized spacial score (nSPS) is 18.8. The second kappa shape index (κ2) is 6.18. The highest BCUT2D eigenvalue weighted by Gasteiger charge is 2.23. The van der Waals surface area contributed by atoms with Gasteiger partial charge in [-0.1, -0.05) is 48.0 Å². The van der Waals surface area contributed by atoms with Crippen molar-refractivity contribution in [3.63, 3.8) is 0 Å². The van der Waals surface area contributed by atoms with Gasteiger partial charge in [0.25, 0.3) is 0 Å². The van der Waals surface area contributed by atoms with Gasteiger partial charge in [0.15, 0.2) is 0 Å². The smallest absolute Gasteiger partial charge is 0.131 e. The van der Waals surface area contributed by atoms with Gasteiger partial charge >= 0.3 is 0 Å². The fourth-order valence-electron chi connectivity index (χ4n) is 3.10. The van der Waals surface area contributed by atoms with Crippen molar-refractivity contribution < 1.29 is 4.79 Å². The number of fused-ring (bicyclic) bond motifs is 1. The third-order valence-electron chi connectivity index (χ3n) is 4.37. The molecule has 0 N–H and O–H groups in total. The highest BCUT2D eigenvalue weighted by atomic mass is 16.1. The first-order valence-corrected chi connectivity index (χ1v) is 7.70. The number of rotatable bonds is 3. The minimum absolute atomic E-state index is 0.0986. The van der Waals surface area contributed by atoms with Crippen LogP contribution in [0.1, 0.15) is 29.0 Å². The molecule has 1 aliphatic carbocycles. The number of hydrogen-bond acceptors (Lipinski definition) is 2. The predicted octanol–water partition coefficient (Wildman–Crippen LogP) is 4.06. The molecule has 22 heavy (non-hydrogen) atoms. The van der Waals surface area contributed by atoms with Gasteiger partial charge in [-0.05, 0) is 41.7 Å². The predicted molar refractivity (Wildman–Crippen MR) is 92.3 cm³/mol. The fourth-order valence-corrected chi connectivity index (χ4v) is 3.10. The molecule has 1 atom stereocenters. The first-order chi connectivity index (χ1) is 10.7. The second-order valence-corrected chi connectivity index (χ2v) is 6.02. The largest absolute Gasteiger partial charge is 0.378 e. The van der Waals surface area contributed by atoms with E-state index in [4.69, 9.17) is 0 Å². The number of anilines is 1.